The molecule has 1 aromatic carbocycles. The number of nitrogens with two attached hydrogens (primary N) is 1. The van der Waals surface area contributed by atoms with Crippen molar-refractivity contribution >= 4 is 17.7 Å². The maximum Gasteiger partial charge on any atom is 0.332 e. The first-order chi connectivity index (χ1) is 15.2. The lowest BCUT2D eigenvalue weighted by Gasteiger charge is -2.60. The highest BCUT2D eigenvalue weighted by Crippen LogP contribution is 2.63. The van der Waals surface area contributed by atoms with E-state index in [1.807, 2.05) is 6.07 Å². The van der Waals surface area contributed by atoms with Crippen molar-refractivity contribution in [1.29, 1.82) is 0 Å². The molecule has 4 bridgehead atoms. The number of carbonyl (C=O) groups is 3. The lowest BCUT2D eigenvalue weighted by molar-refractivity contribution is -0.156. The minimum atomic E-state index is -1.80. The summed E-state index contributed by atoms with van der Waals surface area (Å²) in [5, 5.41) is 18.2. The second-order valence-corrected chi connectivity index (χ2v) is 10.2. The SMILES string of the molecule is CCCCCCC(=O)O.NC(C(=O)O)(C(=O)c1ccccc1)C12CC3CC(CC(C3)C1)C2. The number of carbonyl (C=O) groups excluding carboxylic acids is 1. The average molecular weight is 444 g/mol. The Morgan fingerprint density at radius 2 is 1.47 bits per heavy atom. The second-order valence-electron chi connectivity index (χ2n) is 10.2. The van der Waals surface area contributed by atoms with Gasteiger partial charge in [0.1, 0.15) is 0 Å². The minimum absolute atomic E-state index is 0.333. The lowest BCUT2D eigenvalue weighted by Crippen LogP contribution is -2.70. The van der Waals surface area contributed by atoms with Gasteiger partial charge in [-0.3, -0.25) is 9.59 Å². The molecule has 5 rings (SSSR count). The predicted octanol–water partition coefficient (Wildman–Crippen LogP) is 4.91. The Hall–Kier alpha value is -2.21. The Kier molecular flexibility index (Phi) is 7.75. The molecule has 0 aliphatic heterocycles. The largest absolute Gasteiger partial charge is 0.481 e. The number of rotatable bonds is 9. The van der Waals surface area contributed by atoms with Crippen LogP contribution < -0.4 is 5.73 Å². The first-order valence-electron chi connectivity index (χ1n) is 12.1. The topological polar surface area (TPSA) is 118 Å². The molecule has 4 saturated carbocycles. The Morgan fingerprint density at radius 3 is 1.91 bits per heavy atom. The Morgan fingerprint density at radius 1 is 0.938 bits per heavy atom. The van der Waals surface area contributed by atoms with Crippen molar-refractivity contribution in [1.82, 2.24) is 0 Å². The monoisotopic (exact) mass is 443 g/mol. The molecule has 0 heterocycles. The van der Waals surface area contributed by atoms with Crippen LogP contribution in [-0.2, 0) is 9.59 Å². The molecule has 6 heteroatoms. The van der Waals surface area contributed by atoms with Crippen molar-refractivity contribution in [3.05, 3.63) is 35.9 Å². The Bertz CT molecular complexity index is 785. The molecule has 0 radical (unpaired) electrons. The molecular formula is C26H37NO5. The van der Waals surface area contributed by atoms with Gasteiger partial charge in [0, 0.05) is 17.4 Å². The van der Waals surface area contributed by atoms with Crippen LogP contribution in [0.3, 0.4) is 0 Å². The molecular weight excluding hydrogens is 406 g/mol. The third kappa shape index (κ3) is 4.90. The van der Waals surface area contributed by atoms with Gasteiger partial charge in [-0.05, 0) is 62.7 Å². The van der Waals surface area contributed by atoms with Crippen LogP contribution in [0.15, 0.2) is 30.3 Å². The fraction of sp³-hybridized carbons (Fsp3) is 0.654. The standard InChI is InChI=1S/C19H23NO3.C7H14O2/c20-19(17(22)23,16(21)15-4-2-1-3-5-15)18-9-12-6-13(10-18)8-14(7-12)11-18;1-2-3-4-5-6-7(8)9/h1-5,12-14H,6-11,20H2,(H,22,23);2-6H2,1H3,(H,8,9). The lowest BCUT2D eigenvalue weighted by atomic mass is 9.44. The van der Waals surface area contributed by atoms with Crippen molar-refractivity contribution in [2.45, 2.75) is 83.1 Å². The van der Waals surface area contributed by atoms with E-state index in [1.165, 1.54) is 25.7 Å². The zero-order chi connectivity index (χ0) is 23.4. The summed E-state index contributed by atoms with van der Waals surface area (Å²) in [6.45, 7) is 2.11. The van der Waals surface area contributed by atoms with Crippen molar-refractivity contribution in [3.63, 3.8) is 0 Å². The predicted molar refractivity (Wildman–Crippen MR) is 122 cm³/mol. The highest BCUT2D eigenvalue weighted by Gasteiger charge is 2.65. The van der Waals surface area contributed by atoms with Crippen LogP contribution in [0, 0.1) is 23.2 Å². The van der Waals surface area contributed by atoms with Gasteiger partial charge < -0.3 is 15.9 Å². The maximum absolute atomic E-state index is 13.1. The molecule has 1 atom stereocenters. The number of carboxylic acids is 2. The van der Waals surface area contributed by atoms with Gasteiger partial charge in [-0.1, -0.05) is 56.5 Å². The fourth-order valence-electron chi connectivity index (χ4n) is 6.68. The van der Waals surface area contributed by atoms with E-state index in [9.17, 15) is 19.5 Å². The summed E-state index contributed by atoms with van der Waals surface area (Å²) in [5.74, 6) is -0.613. The third-order valence-corrected chi connectivity index (χ3v) is 7.85. The van der Waals surface area contributed by atoms with Crippen LogP contribution in [0.5, 0.6) is 0 Å². The Labute approximate surface area is 190 Å². The van der Waals surface area contributed by atoms with Crippen LogP contribution in [0.1, 0.15) is 87.9 Å². The molecule has 4 fully saturated rings. The van der Waals surface area contributed by atoms with E-state index in [1.54, 1.807) is 24.3 Å². The average Bonchev–Trinajstić information content (AvgIpc) is 2.75. The summed E-state index contributed by atoms with van der Waals surface area (Å²) >= 11 is 0. The van der Waals surface area contributed by atoms with Crippen LogP contribution in [0.2, 0.25) is 0 Å². The summed E-state index contributed by atoms with van der Waals surface area (Å²) in [4.78, 5) is 35.3. The molecule has 4 aliphatic rings. The van der Waals surface area contributed by atoms with Gasteiger partial charge in [-0.15, -0.1) is 0 Å². The normalized spacial score (nSPS) is 29.5. The zero-order valence-electron chi connectivity index (χ0n) is 19.1. The van der Waals surface area contributed by atoms with Crippen LogP contribution in [0.4, 0.5) is 0 Å². The van der Waals surface area contributed by atoms with Gasteiger partial charge in [-0.25, -0.2) is 4.79 Å². The van der Waals surface area contributed by atoms with Gasteiger partial charge in [0.2, 0.25) is 0 Å². The second kappa shape index (κ2) is 10.2. The molecule has 32 heavy (non-hydrogen) atoms. The number of hydrogen-bond donors (Lipinski definition) is 3. The molecule has 0 spiro atoms. The first-order valence-corrected chi connectivity index (χ1v) is 12.1. The van der Waals surface area contributed by atoms with E-state index in [0.29, 0.717) is 29.7 Å². The van der Waals surface area contributed by atoms with Crippen molar-refractivity contribution in [3.8, 4) is 0 Å². The minimum Gasteiger partial charge on any atom is -0.481 e. The summed E-state index contributed by atoms with van der Waals surface area (Å²) in [7, 11) is 0. The van der Waals surface area contributed by atoms with E-state index in [0.717, 1.165) is 38.5 Å². The molecule has 4 N–H and O–H groups in total. The van der Waals surface area contributed by atoms with Crippen molar-refractivity contribution in [2.24, 2.45) is 28.9 Å². The third-order valence-electron chi connectivity index (χ3n) is 7.85. The highest BCUT2D eigenvalue weighted by molar-refractivity contribution is 6.16. The van der Waals surface area contributed by atoms with Crippen LogP contribution in [0.25, 0.3) is 0 Å². The van der Waals surface area contributed by atoms with Gasteiger partial charge in [0.25, 0.3) is 0 Å². The summed E-state index contributed by atoms with van der Waals surface area (Å²) < 4.78 is 0. The van der Waals surface area contributed by atoms with Gasteiger partial charge >= 0.3 is 11.9 Å². The van der Waals surface area contributed by atoms with Gasteiger partial charge in [0.05, 0.1) is 0 Å². The summed E-state index contributed by atoms with van der Waals surface area (Å²) in [6, 6.07) is 8.69. The molecule has 176 valence electrons. The molecule has 0 amide bonds. The smallest absolute Gasteiger partial charge is 0.332 e. The molecule has 0 aromatic heterocycles. The highest BCUT2D eigenvalue weighted by atomic mass is 16.4. The quantitative estimate of drug-likeness (QED) is 0.284. The molecule has 4 aliphatic carbocycles. The van der Waals surface area contributed by atoms with Crippen LogP contribution in [-0.4, -0.2) is 33.5 Å². The number of benzene rings is 1. The van der Waals surface area contributed by atoms with Crippen molar-refractivity contribution < 1.29 is 24.6 Å². The van der Waals surface area contributed by atoms with Crippen molar-refractivity contribution in [2.75, 3.05) is 0 Å². The van der Waals surface area contributed by atoms with E-state index < -0.39 is 28.7 Å². The van der Waals surface area contributed by atoms with Gasteiger partial charge in [-0.2, -0.15) is 0 Å². The number of unbranched alkanes of at least 4 members (excludes halogenated alkanes) is 3. The molecule has 0 saturated heterocycles. The summed E-state index contributed by atoms with van der Waals surface area (Å²) in [6.07, 6.45) is 10.5. The van der Waals surface area contributed by atoms with Crippen LogP contribution >= 0.6 is 0 Å². The first kappa shape index (κ1) is 24.4. The fourth-order valence-corrected chi connectivity index (χ4v) is 6.68. The summed E-state index contributed by atoms with van der Waals surface area (Å²) in [5.41, 5.74) is 4.51. The number of ketones is 1. The number of Topliss-reactive ketones (excluding diaryl/α,β-unsaturated/α-hetero) is 1. The maximum atomic E-state index is 13.1. The van der Waals surface area contributed by atoms with E-state index in [2.05, 4.69) is 6.92 Å². The number of aliphatic carboxylic acids is 2. The molecule has 6 nitrogen and oxygen atoms in total. The zero-order valence-corrected chi connectivity index (χ0v) is 19.1. The van der Waals surface area contributed by atoms with Gasteiger partial charge in [0.15, 0.2) is 11.3 Å². The van der Waals surface area contributed by atoms with E-state index in [4.69, 9.17) is 10.8 Å². The number of hydrogen-bond acceptors (Lipinski definition) is 4. The Balaban J connectivity index is 0.000000275. The van der Waals surface area contributed by atoms with E-state index in [-0.39, 0.29) is 0 Å². The molecule has 1 aromatic rings. The number of carboxylic acid groups (broad SMARTS) is 2. The van der Waals surface area contributed by atoms with E-state index >= 15 is 0 Å². The molecule has 1 unspecified atom stereocenters.